The van der Waals surface area contributed by atoms with Gasteiger partial charge in [-0.1, -0.05) is 24.3 Å². The molecule has 0 aliphatic carbocycles. The third-order valence-corrected chi connectivity index (χ3v) is 6.50. The van der Waals surface area contributed by atoms with E-state index in [2.05, 4.69) is 39.9 Å². The zero-order chi connectivity index (χ0) is 23.0. The van der Waals surface area contributed by atoms with Crippen LogP contribution in [0.1, 0.15) is 48.0 Å². The second-order valence-electron chi connectivity index (χ2n) is 8.64. The molecular formula is C27H34N2O4. The Morgan fingerprint density at radius 1 is 1.06 bits per heavy atom. The number of ether oxygens (including phenoxy) is 2. The first-order valence-corrected chi connectivity index (χ1v) is 12.0. The van der Waals surface area contributed by atoms with Gasteiger partial charge in [0.15, 0.2) is 0 Å². The molecule has 0 spiro atoms. The molecule has 176 valence electrons. The molecule has 0 atom stereocenters. The van der Waals surface area contributed by atoms with Crippen molar-refractivity contribution in [1.29, 1.82) is 0 Å². The van der Waals surface area contributed by atoms with Crippen LogP contribution in [0.2, 0.25) is 0 Å². The highest BCUT2D eigenvalue weighted by Crippen LogP contribution is 2.34. The van der Waals surface area contributed by atoms with Gasteiger partial charge in [0.1, 0.15) is 5.75 Å². The van der Waals surface area contributed by atoms with Crippen LogP contribution in [-0.4, -0.2) is 60.0 Å². The fourth-order valence-electron chi connectivity index (χ4n) is 4.76. The molecule has 4 rings (SSSR count). The molecular weight excluding hydrogens is 416 g/mol. The van der Waals surface area contributed by atoms with Gasteiger partial charge in [-0.15, -0.1) is 0 Å². The number of benzene rings is 2. The lowest BCUT2D eigenvalue weighted by Crippen LogP contribution is -2.34. The number of carbonyl (C=O) groups is 1. The van der Waals surface area contributed by atoms with Crippen molar-refractivity contribution in [2.75, 3.05) is 39.5 Å². The Morgan fingerprint density at radius 3 is 2.67 bits per heavy atom. The lowest BCUT2D eigenvalue weighted by atomic mass is 9.89. The van der Waals surface area contributed by atoms with Gasteiger partial charge in [0.05, 0.1) is 18.8 Å². The first kappa shape index (κ1) is 23.3. The van der Waals surface area contributed by atoms with E-state index in [1.807, 2.05) is 13.0 Å². The fraction of sp³-hybridized carbons (Fsp3) is 0.444. The number of carboxylic acids is 1. The van der Waals surface area contributed by atoms with Gasteiger partial charge >= 0.3 is 5.97 Å². The molecule has 1 aliphatic heterocycles. The van der Waals surface area contributed by atoms with Crippen molar-refractivity contribution in [2.24, 2.45) is 0 Å². The smallest absolute Gasteiger partial charge is 0.335 e. The first-order valence-electron chi connectivity index (χ1n) is 12.0. The monoisotopic (exact) mass is 450 g/mol. The van der Waals surface area contributed by atoms with Crippen molar-refractivity contribution in [3.8, 4) is 5.75 Å². The predicted octanol–water partition coefficient (Wildman–Crippen LogP) is 5.02. The molecule has 0 bridgehead atoms. The van der Waals surface area contributed by atoms with Crippen molar-refractivity contribution in [2.45, 2.75) is 38.6 Å². The van der Waals surface area contributed by atoms with Crippen LogP contribution in [0.3, 0.4) is 0 Å². The standard InChI is InChI=1S/C27H34N2O4/c1-2-32-18-16-29-20-25(24-9-3-4-10-26(24)29)21-11-14-28(15-12-21)13-6-17-33-23-8-5-7-22(19-23)27(30)31/h3-5,7-10,19-21H,2,6,11-18H2,1H3,(H,30,31). The average Bonchev–Trinajstić information content (AvgIpc) is 3.21. The van der Waals surface area contributed by atoms with E-state index in [0.717, 1.165) is 45.8 Å². The zero-order valence-electron chi connectivity index (χ0n) is 19.4. The van der Waals surface area contributed by atoms with Crippen LogP contribution in [0.25, 0.3) is 10.9 Å². The Morgan fingerprint density at radius 2 is 1.88 bits per heavy atom. The van der Waals surface area contributed by atoms with Crippen LogP contribution in [0.5, 0.6) is 5.75 Å². The lowest BCUT2D eigenvalue weighted by Gasteiger charge is -2.32. The highest BCUT2D eigenvalue weighted by Gasteiger charge is 2.23. The van der Waals surface area contributed by atoms with Crippen molar-refractivity contribution >= 4 is 16.9 Å². The number of fused-ring (bicyclic) bond motifs is 1. The summed E-state index contributed by atoms with van der Waals surface area (Å²) in [4.78, 5) is 13.6. The largest absolute Gasteiger partial charge is 0.494 e. The molecule has 6 nitrogen and oxygen atoms in total. The van der Waals surface area contributed by atoms with Gasteiger partial charge in [0.25, 0.3) is 0 Å². The predicted molar refractivity (Wildman–Crippen MR) is 130 cm³/mol. The zero-order valence-corrected chi connectivity index (χ0v) is 19.4. The van der Waals surface area contributed by atoms with Gasteiger partial charge < -0.3 is 24.0 Å². The van der Waals surface area contributed by atoms with Gasteiger partial charge in [-0.2, -0.15) is 0 Å². The van der Waals surface area contributed by atoms with Crippen LogP contribution in [0.4, 0.5) is 0 Å². The van der Waals surface area contributed by atoms with E-state index in [0.29, 0.717) is 18.3 Å². The molecule has 1 saturated heterocycles. The molecule has 1 aromatic heterocycles. The normalized spacial score (nSPS) is 15.2. The minimum Gasteiger partial charge on any atom is -0.494 e. The van der Waals surface area contributed by atoms with E-state index < -0.39 is 5.97 Å². The molecule has 2 aromatic carbocycles. The summed E-state index contributed by atoms with van der Waals surface area (Å²) in [5.41, 5.74) is 3.04. The third kappa shape index (κ3) is 5.95. The van der Waals surface area contributed by atoms with Crippen LogP contribution in [-0.2, 0) is 11.3 Å². The van der Waals surface area contributed by atoms with E-state index >= 15 is 0 Å². The molecule has 1 aliphatic rings. The quantitative estimate of drug-likeness (QED) is 0.416. The van der Waals surface area contributed by atoms with Gasteiger partial charge in [-0.25, -0.2) is 4.79 Å². The molecule has 1 fully saturated rings. The van der Waals surface area contributed by atoms with E-state index in [4.69, 9.17) is 14.6 Å². The summed E-state index contributed by atoms with van der Waals surface area (Å²) >= 11 is 0. The molecule has 0 radical (unpaired) electrons. The maximum absolute atomic E-state index is 11.1. The summed E-state index contributed by atoms with van der Waals surface area (Å²) in [6.07, 6.45) is 5.61. The third-order valence-electron chi connectivity index (χ3n) is 6.50. The summed E-state index contributed by atoms with van der Waals surface area (Å²) in [6, 6.07) is 15.4. The summed E-state index contributed by atoms with van der Waals surface area (Å²) in [6.45, 7) is 8.21. The summed E-state index contributed by atoms with van der Waals surface area (Å²) < 4.78 is 13.7. The number of nitrogens with zero attached hydrogens (tertiary/aromatic N) is 2. The Balaban J connectivity index is 1.26. The first-order chi connectivity index (χ1) is 16.2. The maximum atomic E-state index is 11.1. The van der Waals surface area contributed by atoms with Crippen molar-refractivity contribution in [1.82, 2.24) is 9.47 Å². The molecule has 0 amide bonds. The van der Waals surface area contributed by atoms with Crippen LogP contribution in [0.15, 0.2) is 54.7 Å². The number of carboxylic acid groups (broad SMARTS) is 1. The van der Waals surface area contributed by atoms with Gasteiger partial charge in [0.2, 0.25) is 0 Å². The summed E-state index contributed by atoms with van der Waals surface area (Å²) in [5.74, 6) is 0.282. The second-order valence-corrected chi connectivity index (χ2v) is 8.64. The number of hydrogen-bond donors (Lipinski definition) is 1. The average molecular weight is 451 g/mol. The Kier molecular flexibility index (Phi) is 8.02. The van der Waals surface area contributed by atoms with Crippen molar-refractivity contribution in [3.05, 3.63) is 65.9 Å². The number of aromatic carboxylic acids is 1. The fourth-order valence-corrected chi connectivity index (χ4v) is 4.76. The van der Waals surface area contributed by atoms with E-state index in [9.17, 15) is 4.79 Å². The summed E-state index contributed by atoms with van der Waals surface area (Å²) in [5, 5.41) is 10.5. The number of aromatic nitrogens is 1. The number of piperidine rings is 1. The number of hydrogen-bond acceptors (Lipinski definition) is 4. The molecule has 33 heavy (non-hydrogen) atoms. The SMILES string of the molecule is CCOCCn1cc(C2CCN(CCCOc3cccc(C(=O)O)c3)CC2)c2ccccc21. The van der Waals surface area contributed by atoms with Gasteiger partial charge in [-0.3, -0.25) is 0 Å². The maximum Gasteiger partial charge on any atom is 0.335 e. The van der Waals surface area contributed by atoms with E-state index in [1.165, 1.54) is 29.3 Å². The van der Waals surface area contributed by atoms with Crippen molar-refractivity contribution < 1.29 is 19.4 Å². The minimum atomic E-state index is -0.930. The second kappa shape index (κ2) is 11.3. The van der Waals surface area contributed by atoms with Crippen LogP contribution < -0.4 is 4.74 Å². The molecule has 0 unspecified atom stereocenters. The van der Waals surface area contributed by atoms with E-state index in [-0.39, 0.29) is 5.56 Å². The number of para-hydroxylation sites is 1. The molecule has 3 aromatic rings. The van der Waals surface area contributed by atoms with Crippen LogP contribution >= 0.6 is 0 Å². The van der Waals surface area contributed by atoms with E-state index in [1.54, 1.807) is 18.2 Å². The Hall–Kier alpha value is -2.83. The van der Waals surface area contributed by atoms with Gasteiger partial charge in [0, 0.05) is 36.8 Å². The Labute approximate surface area is 195 Å². The molecule has 6 heteroatoms. The molecule has 0 saturated carbocycles. The highest BCUT2D eigenvalue weighted by molar-refractivity contribution is 5.88. The summed E-state index contributed by atoms with van der Waals surface area (Å²) in [7, 11) is 0. The lowest BCUT2D eigenvalue weighted by molar-refractivity contribution is 0.0696. The highest BCUT2D eigenvalue weighted by atomic mass is 16.5. The Bertz CT molecular complexity index is 1050. The van der Waals surface area contributed by atoms with Crippen LogP contribution in [0, 0.1) is 0 Å². The number of rotatable bonds is 11. The molecule has 1 N–H and O–H groups in total. The molecule has 2 heterocycles. The van der Waals surface area contributed by atoms with Gasteiger partial charge in [-0.05, 0) is 75.0 Å². The minimum absolute atomic E-state index is 0.258. The topological polar surface area (TPSA) is 63.9 Å². The number of likely N-dealkylation sites (tertiary alicyclic amines) is 1. The van der Waals surface area contributed by atoms with Crippen molar-refractivity contribution in [3.63, 3.8) is 0 Å².